The van der Waals surface area contributed by atoms with Crippen molar-refractivity contribution < 1.29 is 0 Å². The summed E-state index contributed by atoms with van der Waals surface area (Å²) in [5.41, 5.74) is 2.87. The molecule has 2 heteroatoms. The van der Waals surface area contributed by atoms with Gasteiger partial charge in [-0.25, -0.2) is 0 Å². The predicted octanol–water partition coefficient (Wildman–Crippen LogP) is 2.44. The predicted molar refractivity (Wildman–Crippen MR) is 53.3 cm³/mol. The van der Waals surface area contributed by atoms with E-state index in [1.54, 1.807) is 0 Å². The van der Waals surface area contributed by atoms with Crippen molar-refractivity contribution in [1.82, 2.24) is 0 Å². The van der Waals surface area contributed by atoms with Gasteiger partial charge in [0.2, 0.25) is 0 Å². The highest BCUT2D eigenvalue weighted by Gasteiger charge is 1.94. The van der Waals surface area contributed by atoms with Crippen LogP contribution >= 0.6 is 18.5 Å². The maximum atomic E-state index is 2.75. The van der Waals surface area contributed by atoms with Gasteiger partial charge in [-0.2, -0.15) is 0 Å². The Labute approximate surface area is 66.8 Å². The average Bonchev–Trinajstić information content (AvgIpc) is 2.04. The number of benzene rings is 1. The first-order chi connectivity index (χ1) is 4.88. The highest BCUT2D eigenvalue weighted by molar-refractivity contribution is 7.16. The maximum Gasteiger partial charge on any atom is -0.0126 e. The molecule has 0 aliphatic rings. The molecule has 54 valence electrons. The van der Waals surface area contributed by atoms with Crippen LogP contribution in [0.2, 0.25) is 0 Å². The molecule has 1 rings (SSSR count). The van der Waals surface area contributed by atoms with Crippen molar-refractivity contribution in [3.05, 3.63) is 35.4 Å². The lowest BCUT2D eigenvalue weighted by molar-refractivity contribution is 1.28. The van der Waals surface area contributed by atoms with E-state index in [1.165, 1.54) is 11.1 Å². The minimum absolute atomic E-state index is 1.06. The van der Waals surface area contributed by atoms with Gasteiger partial charge in [0.1, 0.15) is 0 Å². The Kier molecular flexibility index (Phi) is 3.32. The molecule has 0 saturated carbocycles. The topological polar surface area (TPSA) is 0 Å². The molecule has 2 unspecified atom stereocenters. The van der Waals surface area contributed by atoms with Crippen LogP contribution in [0.5, 0.6) is 0 Å². The Balaban J connectivity index is 2.96. The maximum absolute atomic E-state index is 2.75. The molecule has 0 saturated heterocycles. The lowest BCUT2D eigenvalue weighted by Crippen LogP contribution is -1.84. The van der Waals surface area contributed by atoms with Gasteiger partial charge in [0.25, 0.3) is 0 Å². The molecule has 0 bridgehead atoms. The molecule has 1 aromatic rings. The van der Waals surface area contributed by atoms with Gasteiger partial charge >= 0.3 is 0 Å². The highest BCUT2D eigenvalue weighted by atomic mass is 31.0. The zero-order valence-electron chi connectivity index (χ0n) is 5.88. The summed E-state index contributed by atoms with van der Waals surface area (Å²) in [4.78, 5) is 0. The van der Waals surface area contributed by atoms with Crippen molar-refractivity contribution in [2.45, 2.75) is 12.3 Å². The molecular formula is C8H12P2. The van der Waals surface area contributed by atoms with Gasteiger partial charge in [-0.05, 0) is 23.5 Å². The fourth-order valence-electron chi connectivity index (χ4n) is 0.956. The smallest absolute Gasteiger partial charge is 0.0126 e. The molecule has 0 N–H and O–H groups in total. The van der Waals surface area contributed by atoms with Crippen molar-refractivity contribution >= 4 is 18.5 Å². The SMILES string of the molecule is PCc1ccccc1CP. The zero-order chi connectivity index (χ0) is 7.40. The van der Waals surface area contributed by atoms with E-state index >= 15 is 0 Å². The summed E-state index contributed by atoms with van der Waals surface area (Å²) in [5, 5.41) is 0. The van der Waals surface area contributed by atoms with Crippen molar-refractivity contribution in [3.63, 3.8) is 0 Å². The summed E-state index contributed by atoms with van der Waals surface area (Å²) >= 11 is 0. The third-order valence-corrected chi connectivity index (χ3v) is 2.44. The summed E-state index contributed by atoms with van der Waals surface area (Å²) in [7, 11) is 5.49. The van der Waals surface area contributed by atoms with Gasteiger partial charge < -0.3 is 0 Å². The summed E-state index contributed by atoms with van der Waals surface area (Å²) in [6, 6.07) is 8.52. The minimum atomic E-state index is 1.06. The second-order valence-corrected chi connectivity index (χ2v) is 2.99. The van der Waals surface area contributed by atoms with Crippen molar-refractivity contribution in [2.24, 2.45) is 0 Å². The lowest BCUT2D eigenvalue weighted by atomic mass is 10.1. The van der Waals surface area contributed by atoms with Gasteiger partial charge in [0.15, 0.2) is 0 Å². The minimum Gasteiger partial charge on any atom is -0.133 e. The van der Waals surface area contributed by atoms with E-state index < -0.39 is 0 Å². The standard InChI is InChI=1S/C8H12P2/c9-5-7-3-1-2-4-8(7)6-10/h1-4H,5-6,9-10H2. The lowest BCUT2D eigenvalue weighted by Gasteiger charge is -2.02. The monoisotopic (exact) mass is 170 g/mol. The van der Waals surface area contributed by atoms with Crippen LogP contribution in [-0.4, -0.2) is 0 Å². The Morgan fingerprint density at radius 1 is 0.900 bits per heavy atom. The molecule has 0 aliphatic heterocycles. The molecule has 0 fully saturated rings. The molecule has 2 atom stereocenters. The summed E-state index contributed by atoms with van der Waals surface area (Å²) < 4.78 is 0. The summed E-state index contributed by atoms with van der Waals surface area (Å²) in [5.74, 6) is 0. The van der Waals surface area contributed by atoms with Crippen LogP contribution in [0.4, 0.5) is 0 Å². The third-order valence-electron chi connectivity index (χ3n) is 1.56. The van der Waals surface area contributed by atoms with Crippen LogP contribution in [0.15, 0.2) is 24.3 Å². The zero-order valence-corrected chi connectivity index (χ0v) is 8.19. The fourth-order valence-corrected chi connectivity index (χ4v) is 1.75. The Bertz CT molecular complexity index is 185. The Hall–Kier alpha value is 0.0800. The average molecular weight is 170 g/mol. The first-order valence-electron chi connectivity index (χ1n) is 3.35. The summed E-state index contributed by atoms with van der Waals surface area (Å²) in [6.45, 7) is 0. The molecule has 10 heavy (non-hydrogen) atoms. The quantitative estimate of drug-likeness (QED) is 0.598. The number of hydrogen-bond acceptors (Lipinski definition) is 0. The van der Waals surface area contributed by atoms with Gasteiger partial charge in [-0.1, -0.05) is 24.3 Å². The van der Waals surface area contributed by atoms with Crippen molar-refractivity contribution in [1.29, 1.82) is 0 Å². The van der Waals surface area contributed by atoms with Crippen LogP contribution in [-0.2, 0) is 12.3 Å². The van der Waals surface area contributed by atoms with E-state index in [2.05, 4.69) is 42.7 Å². The van der Waals surface area contributed by atoms with E-state index in [0.29, 0.717) is 0 Å². The molecule has 0 amide bonds. The van der Waals surface area contributed by atoms with Gasteiger partial charge in [-0.3, -0.25) is 0 Å². The third kappa shape index (κ3) is 1.78. The molecule has 0 aliphatic carbocycles. The Morgan fingerprint density at radius 3 is 1.60 bits per heavy atom. The van der Waals surface area contributed by atoms with E-state index in [1.807, 2.05) is 0 Å². The number of rotatable bonds is 2. The van der Waals surface area contributed by atoms with Gasteiger partial charge in [0, 0.05) is 0 Å². The second kappa shape index (κ2) is 4.06. The molecule has 0 heterocycles. The highest BCUT2D eigenvalue weighted by Crippen LogP contribution is 2.14. The molecular weight excluding hydrogens is 158 g/mol. The first-order valence-corrected chi connectivity index (χ1v) is 4.98. The van der Waals surface area contributed by atoms with Crippen LogP contribution in [0.1, 0.15) is 11.1 Å². The van der Waals surface area contributed by atoms with Gasteiger partial charge in [0.05, 0.1) is 0 Å². The van der Waals surface area contributed by atoms with Gasteiger partial charge in [-0.15, -0.1) is 18.5 Å². The molecule has 0 nitrogen and oxygen atoms in total. The summed E-state index contributed by atoms with van der Waals surface area (Å²) in [6.07, 6.45) is 2.12. The fraction of sp³-hybridized carbons (Fsp3) is 0.250. The molecule has 0 spiro atoms. The van der Waals surface area contributed by atoms with E-state index in [9.17, 15) is 0 Å². The Morgan fingerprint density at radius 2 is 1.30 bits per heavy atom. The van der Waals surface area contributed by atoms with E-state index in [4.69, 9.17) is 0 Å². The van der Waals surface area contributed by atoms with Crippen LogP contribution in [0.3, 0.4) is 0 Å². The normalized spacial score (nSPS) is 9.80. The first kappa shape index (κ1) is 8.18. The van der Waals surface area contributed by atoms with E-state index in [-0.39, 0.29) is 0 Å². The van der Waals surface area contributed by atoms with Crippen LogP contribution in [0.25, 0.3) is 0 Å². The second-order valence-electron chi connectivity index (χ2n) is 2.18. The van der Waals surface area contributed by atoms with Crippen molar-refractivity contribution in [3.8, 4) is 0 Å². The van der Waals surface area contributed by atoms with Crippen molar-refractivity contribution in [2.75, 3.05) is 0 Å². The largest absolute Gasteiger partial charge is 0.133 e. The molecule has 0 aromatic heterocycles. The van der Waals surface area contributed by atoms with Crippen LogP contribution < -0.4 is 0 Å². The van der Waals surface area contributed by atoms with Crippen LogP contribution in [0, 0.1) is 0 Å². The number of hydrogen-bond donors (Lipinski definition) is 0. The van der Waals surface area contributed by atoms with E-state index in [0.717, 1.165) is 12.3 Å². The molecule has 1 aromatic carbocycles. The molecule has 0 radical (unpaired) electrons.